The van der Waals surface area contributed by atoms with Gasteiger partial charge in [-0.3, -0.25) is 14.4 Å². The third-order valence-corrected chi connectivity index (χ3v) is 15.5. The molecular formula is C72H132O6. The van der Waals surface area contributed by atoms with E-state index in [0.29, 0.717) is 19.3 Å². The Hall–Kier alpha value is -2.63. The summed E-state index contributed by atoms with van der Waals surface area (Å²) in [5.41, 5.74) is 0. The highest BCUT2D eigenvalue weighted by Crippen LogP contribution is 2.18. The van der Waals surface area contributed by atoms with Gasteiger partial charge >= 0.3 is 17.9 Å². The maximum Gasteiger partial charge on any atom is 0.306 e. The summed E-state index contributed by atoms with van der Waals surface area (Å²) < 4.78 is 16.9. The van der Waals surface area contributed by atoms with Gasteiger partial charge < -0.3 is 14.2 Å². The second-order valence-corrected chi connectivity index (χ2v) is 23.4. The lowest BCUT2D eigenvalue weighted by atomic mass is 10.0. The summed E-state index contributed by atoms with van der Waals surface area (Å²) in [4.78, 5) is 38.2. The first kappa shape index (κ1) is 75.4. The first-order valence-electron chi connectivity index (χ1n) is 34.6. The van der Waals surface area contributed by atoms with Gasteiger partial charge in [-0.2, -0.15) is 0 Å². The Kier molecular flexibility index (Phi) is 64.6. The molecule has 0 aromatic carbocycles. The van der Waals surface area contributed by atoms with Crippen LogP contribution in [0.4, 0.5) is 0 Å². The fraction of sp³-hybridized carbons (Fsp3) is 0.847. The largest absolute Gasteiger partial charge is 0.462 e. The van der Waals surface area contributed by atoms with Crippen LogP contribution in [0.5, 0.6) is 0 Å². The molecule has 0 saturated heterocycles. The Bertz CT molecular complexity index is 1350. The highest BCUT2D eigenvalue weighted by atomic mass is 16.6. The van der Waals surface area contributed by atoms with Crippen LogP contribution in [0.1, 0.15) is 374 Å². The maximum absolute atomic E-state index is 12.9. The molecule has 0 aliphatic rings. The Morgan fingerprint density at radius 3 is 0.756 bits per heavy atom. The van der Waals surface area contributed by atoms with Gasteiger partial charge in [0.1, 0.15) is 13.2 Å². The minimum absolute atomic E-state index is 0.0748. The molecule has 1 atom stereocenters. The molecule has 6 nitrogen and oxygen atoms in total. The Morgan fingerprint density at radius 1 is 0.256 bits per heavy atom. The van der Waals surface area contributed by atoms with E-state index in [0.717, 1.165) is 77.0 Å². The predicted molar refractivity (Wildman–Crippen MR) is 339 cm³/mol. The molecule has 0 aromatic heterocycles. The summed E-state index contributed by atoms with van der Waals surface area (Å²) in [5.74, 6) is -0.874. The van der Waals surface area contributed by atoms with Crippen molar-refractivity contribution in [1.82, 2.24) is 0 Å². The topological polar surface area (TPSA) is 78.9 Å². The molecule has 0 N–H and O–H groups in total. The van der Waals surface area contributed by atoms with Crippen molar-refractivity contribution < 1.29 is 28.6 Å². The first-order valence-corrected chi connectivity index (χ1v) is 34.6. The molecule has 0 bridgehead atoms. The van der Waals surface area contributed by atoms with E-state index in [4.69, 9.17) is 14.2 Å². The second-order valence-electron chi connectivity index (χ2n) is 23.4. The zero-order chi connectivity index (χ0) is 56.4. The summed E-state index contributed by atoms with van der Waals surface area (Å²) in [6.07, 6.45) is 84.5. The van der Waals surface area contributed by atoms with E-state index in [9.17, 15) is 14.4 Å². The van der Waals surface area contributed by atoms with E-state index >= 15 is 0 Å². The van der Waals surface area contributed by atoms with Crippen molar-refractivity contribution >= 4 is 17.9 Å². The lowest BCUT2D eigenvalue weighted by Gasteiger charge is -2.18. The number of allylic oxidation sites excluding steroid dienone is 8. The van der Waals surface area contributed by atoms with Crippen molar-refractivity contribution in [3.63, 3.8) is 0 Å². The normalized spacial score (nSPS) is 12.3. The third kappa shape index (κ3) is 64.2. The van der Waals surface area contributed by atoms with Crippen LogP contribution in [-0.4, -0.2) is 37.2 Å². The molecule has 0 spiro atoms. The molecule has 6 heteroatoms. The molecule has 456 valence electrons. The predicted octanol–water partition coefficient (Wildman–Crippen LogP) is 23.7. The average molecular weight is 1090 g/mol. The highest BCUT2D eigenvalue weighted by Gasteiger charge is 2.19. The number of rotatable bonds is 64. The number of hydrogen-bond donors (Lipinski definition) is 0. The average Bonchev–Trinajstić information content (AvgIpc) is 3.44. The lowest BCUT2D eigenvalue weighted by molar-refractivity contribution is -0.167. The van der Waals surface area contributed by atoms with Crippen LogP contribution < -0.4 is 0 Å². The van der Waals surface area contributed by atoms with E-state index in [2.05, 4.69) is 69.4 Å². The quantitative estimate of drug-likeness (QED) is 0.0261. The molecule has 0 heterocycles. The summed E-state index contributed by atoms with van der Waals surface area (Å²) in [6, 6.07) is 0. The number of esters is 3. The van der Waals surface area contributed by atoms with Gasteiger partial charge in [-0.15, -0.1) is 0 Å². The van der Waals surface area contributed by atoms with Crippen molar-refractivity contribution in [3.05, 3.63) is 48.6 Å². The zero-order valence-corrected chi connectivity index (χ0v) is 52.5. The van der Waals surface area contributed by atoms with Gasteiger partial charge in [0.15, 0.2) is 6.10 Å². The van der Waals surface area contributed by atoms with Crippen molar-refractivity contribution in [2.75, 3.05) is 13.2 Å². The van der Waals surface area contributed by atoms with Crippen LogP contribution >= 0.6 is 0 Å². The van der Waals surface area contributed by atoms with Crippen LogP contribution in [0.25, 0.3) is 0 Å². The SMILES string of the molecule is CCCC/C=C\CCCCCCCC(=O)OCC(COC(=O)CCCCCCCCCCCCCCCCCCCCCCCCC/C=C\C/C=C\CCCCCCC)OC(=O)CCCCCCC/C=C\CCCCCCC. The van der Waals surface area contributed by atoms with Crippen LogP contribution in [0, 0.1) is 0 Å². The van der Waals surface area contributed by atoms with Crippen LogP contribution in [-0.2, 0) is 28.6 Å². The van der Waals surface area contributed by atoms with Crippen molar-refractivity contribution in [3.8, 4) is 0 Å². The zero-order valence-electron chi connectivity index (χ0n) is 52.5. The first-order chi connectivity index (χ1) is 38.5. The van der Waals surface area contributed by atoms with E-state index in [1.54, 1.807) is 0 Å². The maximum atomic E-state index is 12.9. The highest BCUT2D eigenvalue weighted by molar-refractivity contribution is 5.71. The molecular weight excluding hydrogens is 961 g/mol. The number of unbranched alkanes of at least 4 members (excludes halogenated alkanes) is 45. The van der Waals surface area contributed by atoms with Crippen molar-refractivity contribution in [1.29, 1.82) is 0 Å². The molecule has 0 aliphatic heterocycles. The molecule has 0 amide bonds. The number of hydrogen-bond acceptors (Lipinski definition) is 6. The monoisotopic (exact) mass is 1090 g/mol. The molecule has 0 fully saturated rings. The molecule has 0 saturated carbocycles. The summed E-state index contributed by atoms with van der Waals surface area (Å²) >= 11 is 0. The number of carbonyl (C=O) groups is 3. The fourth-order valence-electron chi connectivity index (χ4n) is 10.3. The summed E-state index contributed by atoms with van der Waals surface area (Å²) in [7, 11) is 0. The van der Waals surface area contributed by atoms with Gasteiger partial charge in [0.05, 0.1) is 0 Å². The van der Waals surface area contributed by atoms with Gasteiger partial charge in [0.2, 0.25) is 0 Å². The lowest BCUT2D eigenvalue weighted by Crippen LogP contribution is -2.30. The minimum atomic E-state index is -0.778. The van der Waals surface area contributed by atoms with Crippen LogP contribution in [0.3, 0.4) is 0 Å². The standard InChI is InChI=1S/C72H132O6/c1-4-7-10-13-16-19-22-24-26-27-28-29-30-31-32-33-34-35-36-37-38-39-40-41-42-43-44-45-46-48-50-53-56-59-62-65-71(74)77-68-69(67-76-70(73)64-61-58-55-52-49-21-18-15-12-9-6-3)78-72(75)66-63-60-57-54-51-47-25-23-20-17-14-11-8-5-2/h15,18,22-25,27-28,69H,4-14,16-17,19-21,26,29-68H2,1-3H3/b18-15-,24-22-,25-23-,28-27-. The third-order valence-electron chi connectivity index (χ3n) is 15.5. The summed E-state index contributed by atoms with van der Waals surface area (Å²) in [6.45, 7) is 6.61. The molecule has 78 heavy (non-hydrogen) atoms. The van der Waals surface area contributed by atoms with Gasteiger partial charge in [-0.1, -0.05) is 307 Å². The fourth-order valence-corrected chi connectivity index (χ4v) is 10.3. The Morgan fingerprint density at radius 2 is 0.474 bits per heavy atom. The van der Waals surface area contributed by atoms with Gasteiger partial charge in [-0.25, -0.2) is 0 Å². The number of carbonyl (C=O) groups excluding carboxylic acids is 3. The van der Waals surface area contributed by atoms with Crippen LogP contribution in [0.2, 0.25) is 0 Å². The van der Waals surface area contributed by atoms with Gasteiger partial charge in [-0.05, 0) is 96.3 Å². The smallest absolute Gasteiger partial charge is 0.306 e. The Labute approximate surface area is 486 Å². The van der Waals surface area contributed by atoms with E-state index in [1.165, 1.54) is 257 Å². The molecule has 1 unspecified atom stereocenters. The minimum Gasteiger partial charge on any atom is -0.462 e. The van der Waals surface area contributed by atoms with E-state index < -0.39 is 6.10 Å². The van der Waals surface area contributed by atoms with Crippen LogP contribution in [0.15, 0.2) is 48.6 Å². The van der Waals surface area contributed by atoms with E-state index in [-0.39, 0.29) is 31.1 Å². The summed E-state index contributed by atoms with van der Waals surface area (Å²) in [5, 5.41) is 0. The molecule has 0 aliphatic carbocycles. The molecule has 0 radical (unpaired) electrons. The Balaban J connectivity index is 4.01. The number of ether oxygens (including phenoxy) is 3. The second kappa shape index (κ2) is 66.9. The van der Waals surface area contributed by atoms with Crippen molar-refractivity contribution in [2.45, 2.75) is 380 Å². The van der Waals surface area contributed by atoms with E-state index in [1.807, 2.05) is 0 Å². The van der Waals surface area contributed by atoms with Gasteiger partial charge in [0.25, 0.3) is 0 Å². The molecule has 0 aromatic rings. The molecule has 0 rings (SSSR count). The van der Waals surface area contributed by atoms with Gasteiger partial charge in [0, 0.05) is 19.3 Å². The van der Waals surface area contributed by atoms with Crippen molar-refractivity contribution in [2.24, 2.45) is 0 Å².